The molecule has 5 aliphatic rings. The molecule has 4 atom stereocenters. The van der Waals surface area contributed by atoms with Crippen molar-refractivity contribution in [3.8, 4) is 5.75 Å². The molecule has 0 aromatic heterocycles. The zero-order valence-electron chi connectivity index (χ0n) is 24.7. The Kier molecular flexibility index (Phi) is 8.07. The van der Waals surface area contributed by atoms with Crippen LogP contribution in [0.3, 0.4) is 0 Å². The summed E-state index contributed by atoms with van der Waals surface area (Å²) >= 11 is 1.81. The van der Waals surface area contributed by atoms with Crippen molar-refractivity contribution in [3.63, 3.8) is 0 Å². The van der Waals surface area contributed by atoms with Gasteiger partial charge in [-0.25, -0.2) is 0 Å². The minimum absolute atomic E-state index is 0.224. The number of phenolic OH excluding ortho intramolecular Hbond substituents is 1. The Bertz CT molecular complexity index is 1260. The van der Waals surface area contributed by atoms with Crippen molar-refractivity contribution < 1.29 is 5.11 Å². The van der Waals surface area contributed by atoms with Crippen molar-refractivity contribution >= 4 is 22.6 Å². The van der Waals surface area contributed by atoms with Crippen molar-refractivity contribution in [2.45, 2.75) is 83.6 Å². The van der Waals surface area contributed by atoms with Crippen molar-refractivity contribution in [2.24, 2.45) is 22.7 Å². The third kappa shape index (κ3) is 5.36. The molecular formula is C35H47N3OS. The molecule has 4 nitrogen and oxygen atoms in total. The topological polar surface area (TPSA) is 47.9 Å². The smallest absolute Gasteiger partial charge is 0.161 e. The van der Waals surface area contributed by atoms with Crippen LogP contribution in [0.5, 0.6) is 5.75 Å². The maximum atomic E-state index is 10.2. The van der Waals surface area contributed by atoms with Crippen LogP contribution in [0.4, 0.5) is 5.69 Å². The quantitative estimate of drug-likeness (QED) is 0.377. The van der Waals surface area contributed by atoms with Gasteiger partial charge < -0.3 is 10.4 Å². The number of nitrogens with one attached hydrogen (secondary N) is 1. The average molecular weight is 558 g/mol. The second-order valence-corrected chi connectivity index (χ2v) is 14.3. The van der Waals surface area contributed by atoms with Crippen molar-refractivity contribution in [1.29, 1.82) is 0 Å². The van der Waals surface area contributed by atoms with E-state index in [2.05, 4.69) is 72.9 Å². The van der Waals surface area contributed by atoms with E-state index in [9.17, 15) is 5.11 Å². The molecule has 3 aliphatic carbocycles. The maximum Gasteiger partial charge on any atom is 0.161 e. The first-order valence-electron chi connectivity index (χ1n) is 15.6. The molecule has 3 fully saturated rings. The number of aryl methyl sites for hydroxylation is 2. The fourth-order valence-electron chi connectivity index (χ4n) is 8.49. The summed E-state index contributed by atoms with van der Waals surface area (Å²) in [7, 11) is 0. The molecular weight excluding hydrogens is 510 g/mol. The predicted octanol–water partition coefficient (Wildman–Crippen LogP) is 7.87. The number of benzene rings is 2. The Morgan fingerprint density at radius 3 is 2.62 bits per heavy atom. The third-order valence-electron chi connectivity index (χ3n) is 10.4. The van der Waals surface area contributed by atoms with Gasteiger partial charge in [-0.05, 0) is 117 Å². The normalized spacial score (nSPS) is 29.7. The summed E-state index contributed by atoms with van der Waals surface area (Å²) in [6.45, 7) is 14.6. The summed E-state index contributed by atoms with van der Waals surface area (Å²) in [6.07, 6.45) is 10.2. The van der Waals surface area contributed by atoms with Crippen LogP contribution in [-0.2, 0) is 11.8 Å². The Morgan fingerprint density at radius 1 is 1.12 bits per heavy atom. The first kappa shape index (κ1) is 27.9. The molecule has 2 aromatic rings. The molecule has 2 N–H and O–H groups in total. The number of aliphatic imine (C=N–C) groups is 1. The molecule has 2 aliphatic heterocycles. The third-order valence-corrected chi connectivity index (χ3v) is 11.4. The molecule has 2 saturated carbocycles. The van der Waals surface area contributed by atoms with E-state index >= 15 is 0 Å². The minimum atomic E-state index is 0.224. The number of phenols is 1. The average Bonchev–Trinajstić information content (AvgIpc) is 2.90. The highest BCUT2D eigenvalue weighted by Gasteiger charge is 2.56. The number of para-hydroxylation sites is 1. The van der Waals surface area contributed by atoms with Crippen LogP contribution in [0.1, 0.15) is 74.1 Å². The van der Waals surface area contributed by atoms with Crippen LogP contribution in [0.2, 0.25) is 0 Å². The molecule has 0 spiro atoms. The standard InChI is InChI=1S/C23H31NO.C12H16N2S/c1-15-10-16(2)22-21-11-18-6-7-19(25)12-20(18)23(22,13-15)8-9-24(21)14-17-4-3-5-17;1-9-5-3-6-10(2)11(9)14-12-13-7-4-8-15-12/h6-7,12,16-17,21-22,25H,1,3-5,8-11,13-14H2,2H3;3,5-6H,4,7-8H2,1-2H3,(H,13,14)/t16-,21+,22-,23+;/m0./s1. The molecule has 2 aromatic carbocycles. The zero-order valence-corrected chi connectivity index (χ0v) is 25.5. The first-order chi connectivity index (χ1) is 19.3. The summed E-state index contributed by atoms with van der Waals surface area (Å²) in [5.74, 6) is 3.98. The number of amidine groups is 1. The van der Waals surface area contributed by atoms with E-state index in [0.717, 1.165) is 30.0 Å². The minimum Gasteiger partial charge on any atom is -0.508 e. The summed E-state index contributed by atoms with van der Waals surface area (Å²) < 4.78 is 0. The van der Waals surface area contributed by atoms with E-state index in [0.29, 0.717) is 17.7 Å². The molecule has 1 saturated heterocycles. The number of thioether (sulfide) groups is 1. The number of hydrogen-bond donors (Lipinski definition) is 2. The van der Waals surface area contributed by atoms with Gasteiger partial charge in [-0.2, -0.15) is 0 Å². The van der Waals surface area contributed by atoms with Gasteiger partial charge in [0, 0.05) is 36.0 Å². The summed E-state index contributed by atoms with van der Waals surface area (Å²) in [5.41, 5.74) is 8.36. The summed E-state index contributed by atoms with van der Waals surface area (Å²) in [5, 5.41) is 14.7. The Labute approximate surface area is 245 Å². The number of likely N-dealkylation sites (tertiary alicyclic amines) is 1. The number of rotatable bonds is 3. The van der Waals surface area contributed by atoms with Gasteiger partial charge in [0.25, 0.3) is 0 Å². The molecule has 7 rings (SSSR count). The molecule has 0 amide bonds. The Morgan fingerprint density at radius 2 is 1.93 bits per heavy atom. The lowest BCUT2D eigenvalue weighted by molar-refractivity contribution is -0.0376. The van der Waals surface area contributed by atoms with E-state index in [1.165, 1.54) is 97.3 Å². The number of aromatic hydroxyl groups is 1. The van der Waals surface area contributed by atoms with Crippen LogP contribution in [0.15, 0.2) is 53.5 Å². The van der Waals surface area contributed by atoms with Gasteiger partial charge in [0.2, 0.25) is 0 Å². The van der Waals surface area contributed by atoms with Crippen LogP contribution in [0, 0.1) is 31.6 Å². The number of hydrogen-bond acceptors (Lipinski definition) is 5. The lowest BCUT2D eigenvalue weighted by atomic mass is 9.49. The molecule has 0 radical (unpaired) electrons. The predicted molar refractivity (Wildman–Crippen MR) is 171 cm³/mol. The van der Waals surface area contributed by atoms with Crippen molar-refractivity contribution in [2.75, 3.05) is 30.7 Å². The molecule has 0 unspecified atom stereocenters. The molecule has 5 heteroatoms. The highest BCUT2D eigenvalue weighted by atomic mass is 32.2. The van der Waals surface area contributed by atoms with Crippen LogP contribution in [0.25, 0.3) is 0 Å². The number of anilines is 1. The SMILES string of the molecule is C=C1C[C@H](C)[C@H]2[C@H]3Cc4ccc(O)cc4[C@@]2(CCN3CC2CCC2)C1.Cc1cccc(C)c1NC1=NCCCS1. The van der Waals surface area contributed by atoms with E-state index in [1.54, 1.807) is 0 Å². The van der Waals surface area contributed by atoms with Gasteiger partial charge >= 0.3 is 0 Å². The molecule has 40 heavy (non-hydrogen) atoms. The fourth-order valence-corrected chi connectivity index (χ4v) is 9.31. The largest absolute Gasteiger partial charge is 0.508 e. The molecule has 2 bridgehead atoms. The van der Waals surface area contributed by atoms with Crippen LogP contribution < -0.4 is 5.32 Å². The zero-order chi connectivity index (χ0) is 27.9. The van der Waals surface area contributed by atoms with E-state index in [4.69, 9.17) is 0 Å². The number of allylic oxidation sites excluding steroid dienone is 1. The van der Waals surface area contributed by atoms with Crippen LogP contribution >= 0.6 is 11.8 Å². The molecule has 214 valence electrons. The van der Waals surface area contributed by atoms with Gasteiger partial charge in [-0.15, -0.1) is 0 Å². The van der Waals surface area contributed by atoms with Gasteiger partial charge in [-0.3, -0.25) is 9.89 Å². The highest BCUT2D eigenvalue weighted by Crippen LogP contribution is 2.59. The second kappa shape index (κ2) is 11.6. The van der Waals surface area contributed by atoms with Gasteiger partial charge in [0.05, 0.1) is 0 Å². The molecule has 2 heterocycles. The van der Waals surface area contributed by atoms with Gasteiger partial charge in [0.1, 0.15) is 5.75 Å². The van der Waals surface area contributed by atoms with Crippen molar-refractivity contribution in [3.05, 3.63) is 70.8 Å². The second-order valence-electron chi connectivity index (χ2n) is 13.2. The summed E-state index contributed by atoms with van der Waals surface area (Å²) in [4.78, 5) is 7.33. The van der Waals surface area contributed by atoms with Crippen molar-refractivity contribution in [1.82, 2.24) is 4.90 Å². The lowest BCUT2D eigenvalue weighted by Gasteiger charge is -2.62. The maximum absolute atomic E-state index is 10.2. The van der Waals surface area contributed by atoms with E-state index in [1.807, 2.05) is 17.8 Å². The van der Waals surface area contributed by atoms with Gasteiger partial charge in [0.15, 0.2) is 5.17 Å². The fraction of sp³-hybridized carbons (Fsp3) is 0.571. The lowest BCUT2D eigenvalue weighted by Crippen LogP contribution is -2.63. The van der Waals surface area contributed by atoms with E-state index in [-0.39, 0.29) is 5.41 Å². The Hall–Kier alpha value is -2.24. The van der Waals surface area contributed by atoms with E-state index < -0.39 is 0 Å². The monoisotopic (exact) mass is 557 g/mol. The number of fused-ring (bicyclic) bond motifs is 1. The Balaban J connectivity index is 0.000000165. The number of nitrogens with zero attached hydrogens (tertiary/aromatic N) is 2. The van der Waals surface area contributed by atoms with Gasteiger partial charge in [-0.1, -0.05) is 61.5 Å². The first-order valence-corrected chi connectivity index (χ1v) is 16.6. The number of piperidine rings is 1. The summed E-state index contributed by atoms with van der Waals surface area (Å²) in [6, 6.07) is 13.2. The van der Waals surface area contributed by atoms with Crippen LogP contribution in [-0.4, -0.2) is 46.6 Å². The highest BCUT2D eigenvalue weighted by molar-refractivity contribution is 8.14.